The molecule has 0 saturated carbocycles. The molecule has 0 bridgehead atoms. The Morgan fingerprint density at radius 1 is 0.846 bits per heavy atom. The number of hydrogen-bond donors (Lipinski definition) is 8. The maximum absolute atomic E-state index is 13.3. The van der Waals surface area contributed by atoms with E-state index in [1.54, 1.807) is 18.4 Å². The molecule has 39 heavy (non-hydrogen) atoms. The van der Waals surface area contributed by atoms with Gasteiger partial charge in [0, 0.05) is 12.8 Å². The molecule has 10 N–H and O–H groups in total. The van der Waals surface area contributed by atoms with E-state index < -0.39 is 53.8 Å². The molecule has 0 fully saturated rings. The molecule has 0 saturated heterocycles. The number of benzene rings is 1. The fourth-order valence-electron chi connectivity index (χ4n) is 3.57. The maximum Gasteiger partial charge on any atom is 0.326 e. The Labute approximate surface area is 231 Å². The number of thioether (sulfide) groups is 1. The molecule has 1 rings (SSSR count). The van der Waals surface area contributed by atoms with Crippen LogP contribution < -0.4 is 27.4 Å². The summed E-state index contributed by atoms with van der Waals surface area (Å²) in [6.07, 6.45) is 2.73. The number of carbonyl (C=O) groups is 5. The molecule has 0 aliphatic heterocycles. The van der Waals surface area contributed by atoms with Gasteiger partial charge in [-0.25, -0.2) is 4.79 Å². The molecule has 13 nitrogen and oxygen atoms in total. The number of nitrogens with two attached hydrogens (primary N) is 2. The minimum Gasteiger partial charge on any atom is -0.508 e. The number of rotatable bonds is 19. The molecule has 1 aromatic rings. The molecule has 3 amide bonds. The van der Waals surface area contributed by atoms with Gasteiger partial charge in [-0.1, -0.05) is 12.1 Å². The number of nitrogens with one attached hydrogen (secondary N) is 3. The lowest BCUT2D eigenvalue weighted by Gasteiger charge is -2.25. The topological polar surface area (TPSA) is 234 Å². The number of phenols is 1. The fraction of sp³-hybridized carbons (Fsp3) is 0.560. The normalized spacial score (nSPS) is 13.9. The number of phenolic OH excluding ortho intramolecular Hbond substituents is 1. The van der Waals surface area contributed by atoms with Crippen LogP contribution in [0, 0.1) is 0 Å². The second-order valence-electron chi connectivity index (χ2n) is 9.00. The number of amides is 3. The van der Waals surface area contributed by atoms with Crippen molar-refractivity contribution in [2.45, 2.75) is 69.1 Å². The summed E-state index contributed by atoms with van der Waals surface area (Å²) in [4.78, 5) is 61.5. The van der Waals surface area contributed by atoms with Crippen LogP contribution in [0.25, 0.3) is 0 Å². The largest absolute Gasteiger partial charge is 0.508 e. The van der Waals surface area contributed by atoms with Gasteiger partial charge in [0.05, 0.1) is 6.04 Å². The van der Waals surface area contributed by atoms with E-state index in [0.717, 1.165) is 0 Å². The minimum atomic E-state index is -1.21. The molecule has 0 aromatic heterocycles. The highest BCUT2D eigenvalue weighted by Gasteiger charge is 2.30. The summed E-state index contributed by atoms with van der Waals surface area (Å²) in [6.45, 7) is 0.360. The van der Waals surface area contributed by atoms with E-state index in [2.05, 4.69) is 16.0 Å². The first-order valence-electron chi connectivity index (χ1n) is 12.6. The van der Waals surface area contributed by atoms with Crippen LogP contribution in [0.4, 0.5) is 0 Å². The molecule has 0 aliphatic carbocycles. The minimum absolute atomic E-state index is 0.00807. The second-order valence-corrected chi connectivity index (χ2v) is 9.98. The number of hydrogen-bond acceptors (Lipinski definition) is 9. The van der Waals surface area contributed by atoms with E-state index in [0.29, 0.717) is 30.7 Å². The van der Waals surface area contributed by atoms with Crippen LogP contribution in [0.3, 0.4) is 0 Å². The number of aromatic hydroxyl groups is 1. The van der Waals surface area contributed by atoms with E-state index in [9.17, 15) is 34.2 Å². The predicted molar refractivity (Wildman–Crippen MR) is 146 cm³/mol. The molecule has 0 spiro atoms. The third-order valence-electron chi connectivity index (χ3n) is 5.82. The van der Waals surface area contributed by atoms with Gasteiger partial charge >= 0.3 is 11.9 Å². The van der Waals surface area contributed by atoms with Crippen LogP contribution in [0.15, 0.2) is 24.3 Å². The number of carboxylic acids is 2. The van der Waals surface area contributed by atoms with E-state index >= 15 is 0 Å². The number of carboxylic acid groups (broad SMARTS) is 2. The number of aliphatic carboxylic acids is 2. The summed E-state index contributed by atoms with van der Waals surface area (Å²) < 4.78 is 0. The molecule has 0 radical (unpaired) electrons. The smallest absolute Gasteiger partial charge is 0.326 e. The molecule has 1 aromatic carbocycles. The van der Waals surface area contributed by atoms with Crippen LogP contribution in [-0.4, -0.2) is 87.7 Å². The van der Waals surface area contributed by atoms with E-state index in [4.69, 9.17) is 16.6 Å². The first kappa shape index (κ1) is 33.7. The van der Waals surface area contributed by atoms with Crippen molar-refractivity contribution in [1.29, 1.82) is 0 Å². The highest BCUT2D eigenvalue weighted by atomic mass is 32.2. The van der Waals surface area contributed by atoms with Gasteiger partial charge in [-0.3, -0.25) is 19.2 Å². The summed E-state index contributed by atoms with van der Waals surface area (Å²) in [5.41, 5.74) is 11.9. The average molecular weight is 570 g/mol. The Morgan fingerprint density at radius 2 is 1.44 bits per heavy atom. The summed E-state index contributed by atoms with van der Waals surface area (Å²) in [5.74, 6) is -3.97. The molecular formula is C25H39N5O8S. The predicted octanol–water partition coefficient (Wildman–Crippen LogP) is -0.452. The second kappa shape index (κ2) is 18.0. The zero-order valence-corrected chi connectivity index (χ0v) is 22.7. The van der Waals surface area contributed by atoms with Crippen molar-refractivity contribution < 1.29 is 39.3 Å². The van der Waals surface area contributed by atoms with Crippen molar-refractivity contribution in [1.82, 2.24) is 16.0 Å². The Kier molecular flexibility index (Phi) is 15.6. The molecule has 0 heterocycles. The lowest BCUT2D eigenvalue weighted by molar-refractivity contribution is -0.142. The van der Waals surface area contributed by atoms with E-state index in [1.165, 1.54) is 23.9 Å². The molecular weight excluding hydrogens is 530 g/mol. The zero-order valence-electron chi connectivity index (χ0n) is 21.9. The fourth-order valence-corrected chi connectivity index (χ4v) is 4.04. The van der Waals surface area contributed by atoms with E-state index in [1.807, 2.05) is 0 Å². The quantitative estimate of drug-likeness (QED) is 0.0993. The molecule has 218 valence electrons. The highest BCUT2D eigenvalue weighted by Crippen LogP contribution is 2.13. The van der Waals surface area contributed by atoms with Gasteiger partial charge in [-0.2, -0.15) is 11.8 Å². The standard InChI is InChI=1S/C25H39N5O8S/c1-39-13-11-19(25(37)38)29-24(36)20(14-15-5-7-16(31)8-6-15)30-23(35)18(4-2-3-12-26)28-22(34)17(27)9-10-21(32)33/h5-8,17-20,31H,2-4,9-14,26-27H2,1H3,(H,28,34)(H,29,36)(H,30,35)(H,32,33)(H,37,38). The molecule has 4 atom stereocenters. The Balaban J connectivity index is 3.12. The number of carbonyl (C=O) groups excluding carboxylic acids is 3. The van der Waals surface area contributed by atoms with Crippen molar-refractivity contribution in [2.75, 3.05) is 18.6 Å². The Morgan fingerprint density at radius 3 is 2.00 bits per heavy atom. The maximum atomic E-state index is 13.3. The van der Waals surface area contributed by atoms with Crippen LogP contribution >= 0.6 is 11.8 Å². The van der Waals surface area contributed by atoms with Crippen molar-refractivity contribution in [3.05, 3.63) is 29.8 Å². The van der Waals surface area contributed by atoms with Crippen molar-refractivity contribution in [3.63, 3.8) is 0 Å². The summed E-state index contributed by atoms with van der Waals surface area (Å²) in [6, 6.07) is 1.33. The van der Waals surface area contributed by atoms with Crippen LogP contribution in [-0.2, 0) is 30.4 Å². The first-order chi connectivity index (χ1) is 18.5. The zero-order chi connectivity index (χ0) is 29.4. The van der Waals surface area contributed by atoms with Crippen LogP contribution in [0.1, 0.15) is 44.1 Å². The third-order valence-corrected chi connectivity index (χ3v) is 6.46. The molecule has 0 aliphatic rings. The van der Waals surface area contributed by atoms with Gasteiger partial charge in [-0.15, -0.1) is 0 Å². The van der Waals surface area contributed by atoms with Gasteiger partial charge in [0.1, 0.15) is 23.9 Å². The van der Waals surface area contributed by atoms with E-state index in [-0.39, 0.29) is 37.9 Å². The van der Waals surface area contributed by atoms with Crippen molar-refractivity contribution >= 4 is 41.4 Å². The van der Waals surface area contributed by atoms with Gasteiger partial charge in [-0.05, 0) is 68.4 Å². The van der Waals surface area contributed by atoms with Crippen molar-refractivity contribution in [2.24, 2.45) is 11.5 Å². The average Bonchev–Trinajstić information content (AvgIpc) is 2.89. The van der Waals surface area contributed by atoms with Crippen LogP contribution in [0.2, 0.25) is 0 Å². The Bertz CT molecular complexity index is 962. The Hall–Kier alpha value is -3.36. The molecule has 14 heteroatoms. The number of unbranched alkanes of at least 4 members (excludes halogenated alkanes) is 1. The lowest BCUT2D eigenvalue weighted by Crippen LogP contribution is -2.57. The lowest BCUT2D eigenvalue weighted by atomic mass is 10.0. The van der Waals surface area contributed by atoms with Gasteiger partial charge in [0.25, 0.3) is 0 Å². The highest BCUT2D eigenvalue weighted by molar-refractivity contribution is 7.98. The van der Waals surface area contributed by atoms with Gasteiger partial charge in [0.15, 0.2) is 0 Å². The van der Waals surface area contributed by atoms with Gasteiger partial charge in [0.2, 0.25) is 17.7 Å². The van der Waals surface area contributed by atoms with Crippen LogP contribution in [0.5, 0.6) is 5.75 Å². The SMILES string of the molecule is CSCCC(NC(=O)C(Cc1ccc(O)cc1)NC(=O)C(CCCCN)NC(=O)C(N)CCC(=O)O)C(=O)O. The monoisotopic (exact) mass is 569 g/mol. The summed E-state index contributed by atoms with van der Waals surface area (Å²) in [7, 11) is 0. The first-order valence-corrected chi connectivity index (χ1v) is 14.0. The van der Waals surface area contributed by atoms with Crippen molar-refractivity contribution in [3.8, 4) is 5.75 Å². The summed E-state index contributed by atoms with van der Waals surface area (Å²) >= 11 is 1.42. The summed E-state index contributed by atoms with van der Waals surface area (Å²) in [5, 5.41) is 35.5. The third kappa shape index (κ3) is 13.3. The van der Waals surface area contributed by atoms with Gasteiger partial charge < -0.3 is 42.7 Å². The molecule has 4 unspecified atom stereocenters.